The average Bonchev–Trinajstić information content (AvgIpc) is 2.29. The van der Waals surface area contributed by atoms with E-state index in [1.807, 2.05) is 6.08 Å². The summed E-state index contributed by atoms with van der Waals surface area (Å²) in [7, 11) is 0. The maximum atomic E-state index is 5.59. The van der Waals surface area contributed by atoms with Gasteiger partial charge in [0.15, 0.2) is 0 Å². The largest absolute Gasteiger partial charge is 0.468 e. The van der Waals surface area contributed by atoms with Gasteiger partial charge in [0.2, 0.25) is 0 Å². The summed E-state index contributed by atoms with van der Waals surface area (Å²) < 4.78 is 5.13. The molecule has 1 heterocycles. The molecule has 0 fully saturated rings. The molecule has 1 aliphatic rings. The average molecular weight is 221 g/mol. The molecule has 0 aromatic rings. The van der Waals surface area contributed by atoms with Crippen LogP contribution in [-0.2, 0) is 4.74 Å². The molecule has 1 atom stereocenters. The molecular formula is C12H19N3O. The van der Waals surface area contributed by atoms with Crippen LogP contribution in [0.15, 0.2) is 41.6 Å². The third kappa shape index (κ3) is 4.68. The van der Waals surface area contributed by atoms with Gasteiger partial charge in [0, 0.05) is 24.5 Å². The van der Waals surface area contributed by atoms with E-state index in [9.17, 15) is 0 Å². The fraction of sp³-hybridized carbons (Fsp3) is 0.417. The molecular weight excluding hydrogens is 202 g/mol. The molecule has 1 unspecified atom stereocenters. The van der Waals surface area contributed by atoms with Crippen LogP contribution in [0.5, 0.6) is 0 Å². The molecule has 0 radical (unpaired) electrons. The number of nitrogens with two attached hydrogens (primary N) is 2. The normalized spacial score (nSPS) is 19.8. The van der Waals surface area contributed by atoms with Gasteiger partial charge in [-0.3, -0.25) is 4.99 Å². The number of hydrogen-bond donors (Lipinski definition) is 2. The molecule has 88 valence electrons. The van der Waals surface area contributed by atoms with Crippen LogP contribution in [-0.4, -0.2) is 12.3 Å². The van der Waals surface area contributed by atoms with Gasteiger partial charge in [-0.1, -0.05) is 12.7 Å². The van der Waals surface area contributed by atoms with Crippen molar-refractivity contribution in [1.29, 1.82) is 0 Å². The minimum atomic E-state index is 0.352. The van der Waals surface area contributed by atoms with Gasteiger partial charge < -0.3 is 16.2 Å². The van der Waals surface area contributed by atoms with Crippen molar-refractivity contribution < 1.29 is 4.74 Å². The fourth-order valence-electron chi connectivity index (χ4n) is 1.50. The Kier molecular flexibility index (Phi) is 5.19. The highest BCUT2D eigenvalue weighted by atomic mass is 16.5. The van der Waals surface area contributed by atoms with Crippen LogP contribution in [0.4, 0.5) is 0 Å². The van der Waals surface area contributed by atoms with Crippen molar-refractivity contribution in [2.24, 2.45) is 16.5 Å². The smallest absolute Gasteiger partial charge is 0.106 e. The maximum Gasteiger partial charge on any atom is 0.106 e. The number of hydrogen-bond acceptors (Lipinski definition) is 4. The second-order valence-electron chi connectivity index (χ2n) is 3.75. The first-order valence-corrected chi connectivity index (χ1v) is 5.42. The van der Waals surface area contributed by atoms with Gasteiger partial charge in [-0.25, -0.2) is 0 Å². The molecule has 0 spiro atoms. The molecule has 1 aliphatic heterocycles. The van der Waals surface area contributed by atoms with Gasteiger partial charge in [-0.15, -0.1) is 0 Å². The van der Waals surface area contributed by atoms with E-state index < -0.39 is 0 Å². The zero-order valence-electron chi connectivity index (χ0n) is 9.43. The van der Waals surface area contributed by atoms with Gasteiger partial charge in [-0.2, -0.15) is 0 Å². The standard InChI is InChI=1S/C12H19N3O/c1-10(16-8-7-13)3-2-4-12-6-5-11(14)9-15-12/h5,7-9,12H,1-4,6,13-14H2/b8-7-. The maximum absolute atomic E-state index is 5.59. The molecule has 4 nitrogen and oxygen atoms in total. The van der Waals surface area contributed by atoms with E-state index in [4.69, 9.17) is 16.2 Å². The van der Waals surface area contributed by atoms with Gasteiger partial charge in [0.25, 0.3) is 0 Å². The van der Waals surface area contributed by atoms with Crippen molar-refractivity contribution in [2.75, 3.05) is 0 Å². The summed E-state index contributed by atoms with van der Waals surface area (Å²) in [5.74, 6) is 0.733. The predicted molar refractivity (Wildman–Crippen MR) is 66.6 cm³/mol. The number of nitrogens with zero attached hydrogens (tertiary/aromatic N) is 1. The molecule has 0 aliphatic carbocycles. The third-order valence-corrected chi connectivity index (χ3v) is 2.37. The van der Waals surface area contributed by atoms with Gasteiger partial charge in [0.05, 0.1) is 11.8 Å². The van der Waals surface area contributed by atoms with Crippen LogP contribution in [0, 0.1) is 0 Å². The number of allylic oxidation sites excluding steroid dienone is 2. The molecule has 0 aromatic heterocycles. The predicted octanol–water partition coefficient (Wildman–Crippen LogP) is 1.80. The quantitative estimate of drug-likeness (QED) is 0.672. The molecule has 0 aromatic carbocycles. The molecule has 1 rings (SSSR count). The Hall–Kier alpha value is -1.71. The van der Waals surface area contributed by atoms with Crippen LogP contribution < -0.4 is 11.5 Å². The summed E-state index contributed by atoms with van der Waals surface area (Å²) in [6.07, 6.45) is 10.3. The van der Waals surface area contributed by atoms with E-state index in [0.29, 0.717) is 6.04 Å². The number of aliphatic imine (C=N–C) groups is 1. The van der Waals surface area contributed by atoms with Crippen molar-refractivity contribution in [1.82, 2.24) is 0 Å². The number of rotatable bonds is 6. The Bertz CT molecular complexity index is 318. The summed E-state index contributed by atoms with van der Waals surface area (Å²) in [4.78, 5) is 4.35. The summed E-state index contributed by atoms with van der Waals surface area (Å²) in [6.45, 7) is 3.79. The SMILES string of the molecule is C=C(CCCC1CC=C(N)C=N1)O/C=C\N. The lowest BCUT2D eigenvalue weighted by molar-refractivity contribution is 0.329. The van der Waals surface area contributed by atoms with Gasteiger partial charge >= 0.3 is 0 Å². The van der Waals surface area contributed by atoms with Crippen LogP contribution >= 0.6 is 0 Å². The van der Waals surface area contributed by atoms with E-state index in [-0.39, 0.29) is 0 Å². The summed E-state index contributed by atoms with van der Waals surface area (Å²) in [5.41, 5.74) is 11.5. The Morgan fingerprint density at radius 1 is 1.69 bits per heavy atom. The van der Waals surface area contributed by atoms with Crippen LogP contribution in [0.3, 0.4) is 0 Å². The minimum absolute atomic E-state index is 0.352. The lowest BCUT2D eigenvalue weighted by Crippen LogP contribution is -2.12. The van der Waals surface area contributed by atoms with Crippen molar-refractivity contribution in [3.8, 4) is 0 Å². The molecule has 0 bridgehead atoms. The first-order chi connectivity index (χ1) is 7.72. The summed E-state index contributed by atoms with van der Waals surface area (Å²) in [6, 6.07) is 0.352. The molecule has 0 saturated carbocycles. The summed E-state index contributed by atoms with van der Waals surface area (Å²) >= 11 is 0. The van der Waals surface area contributed by atoms with Gasteiger partial charge in [0.1, 0.15) is 6.26 Å². The lowest BCUT2D eigenvalue weighted by Gasteiger charge is -2.14. The zero-order valence-corrected chi connectivity index (χ0v) is 9.43. The number of dihydropyridines is 1. The fourth-order valence-corrected chi connectivity index (χ4v) is 1.50. The molecule has 0 saturated heterocycles. The highest BCUT2D eigenvalue weighted by Crippen LogP contribution is 2.15. The second-order valence-corrected chi connectivity index (χ2v) is 3.75. The minimum Gasteiger partial charge on any atom is -0.468 e. The van der Waals surface area contributed by atoms with E-state index in [0.717, 1.165) is 37.1 Å². The van der Waals surface area contributed by atoms with Crippen LogP contribution in [0.2, 0.25) is 0 Å². The molecule has 0 amide bonds. The van der Waals surface area contributed by atoms with E-state index in [1.165, 1.54) is 12.5 Å². The molecule has 16 heavy (non-hydrogen) atoms. The first-order valence-electron chi connectivity index (χ1n) is 5.42. The monoisotopic (exact) mass is 221 g/mol. The molecule has 4 heteroatoms. The Balaban J connectivity index is 2.12. The number of ether oxygens (including phenoxy) is 1. The topological polar surface area (TPSA) is 73.6 Å². The summed E-state index contributed by atoms with van der Waals surface area (Å²) in [5, 5.41) is 0. The zero-order chi connectivity index (χ0) is 11.8. The highest BCUT2D eigenvalue weighted by Gasteiger charge is 2.08. The van der Waals surface area contributed by atoms with Crippen LogP contribution in [0.1, 0.15) is 25.7 Å². The van der Waals surface area contributed by atoms with Crippen molar-refractivity contribution in [3.63, 3.8) is 0 Å². The third-order valence-electron chi connectivity index (χ3n) is 2.37. The first kappa shape index (κ1) is 12.4. The van der Waals surface area contributed by atoms with E-state index in [2.05, 4.69) is 11.6 Å². The Labute approximate surface area is 96.4 Å². The molecule has 4 N–H and O–H groups in total. The Morgan fingerprint density at radius 3 is 3.12 bits per heavy atom. The lowest BCUT2D eigenvalue weighted by atomic mass is 10.0. The Morgan fingerprint density at radius 2 is 2.50 bits per heavy atom. The highest BCUT2D eigenvalue weighted by molar-refractivity contribution is 5.78. The van der Waals surface area contributed by atoms with E-state index in [1.54, 1.807) is 6.21 Å². The van der Waals surface area contributed by atoms with Crippen LogP contribution in [0.25, 0.3) is 0 Å². The second kappa shape index (κ2) is 6.71. The van der Waals surface area contributed by atoms with Crippen molar-refractivity contribution in [3.05, 3.63) is 36.6 Å². The van der Waals surface area contributed by atoms with Crippen molar-refractivity contribution in [2.45, 2.75) is 31.7 Å². The van der Waals surface area contributed by atoms with Gasteiger partial charge in [-0.05, 0) is 19.3 Å². The van der Waals surface area contributed by atoms with Crippen molar-refractivity contribution >= 4 is 6.21 Å². The van der Waals surface area contributed by atoms with E-state index >= 15 is 0 Å².